The minimum absolute atomic E-state index is 0.272. The molecule has 0 saturated carbocycles. The molecule has 0 aliphatic carbocycles. The first-order valence-corrected chi connectivity index (χ1v) is 7.40. The highest BCUT2D eigenvalue weighted by atomic mass is 16.6. The number of ether oxygens (including phenoxy) is 1. The van der Waals surface area contributed by atoms with Crippen LogP contribution in [0.3, 0.4) is 0 Å². The van der Waals surface area contributed by atoms with E-state index in [-0.39, 0.29) is 11.6 Å². The molecule has 1 aliphatic heterocycles. The van der Waals surface area contributed by atoms with Gasteiger partial charge in [0.15, 0.2) is 0 Å². The largest absolute Gasteiger partial charge is 0.450 e. The Hall–Kier alpha value is -2.35. The molecule has 0 radical (unpaired) electrons. The van der Waals surface area contributed by atoms with Crippen molar-refractivity contribution in [2.45, 2.75) is 39.7 Å². The molecule has 2 heterocycles. The Morgan fingerprint density at radius 2 is 2.32 bits per heavy atom. The number of aromatic nitrogens is 2. The van der Waals surface area contributed by atoms with Gasteiger partial charge >= 0.3 is 6.09 Å². The molecule has 0 spiro atoms. The van der Waals surface area contributed by atoms with Crippen LogP contribution in [0.2, 0.25) is 0 Å². The fourth-order valence-corrected chi connectivity index (χ4v) is 2.46. The minimum Gasteiger partial charge on any atom is -0.450 e. The maximum atomic E-state index is 12.0. The third-order valence-corrected chi connectivity index (χ3v) is 3.78. The number of hydrogen-bond donors (Lipinski definition) is 0. The number of likely N-dealkylation sites (tertiary alicyclic amines) is 1. The van der Waals surface area contributed by atoms with E-state index in [4.69, 9.17) is 4.74 Å². The van der Waals surface area contributed by atoms with Crippen molar-refractivity contribution in [1.29, 1.82) is 0 Å². The molecule has 116 valence electrons. The summed E-state index contributed by atoms with van der Waals surface area (Å²) in [5, 5.41) is 0. The molecule has 5 heteroatoms. The fraction of sp³-hybridized carbons (Fsp3) is 0.471. The number of nitrogens with zero attached hydrogens (tertiary/aromatic N) is 3. The van der Waals surface area contributed by atoms with Gasteiger partial charge in [0.2, 0.25) is 5.82 Å². The van der Waals surface area contributed by atoms with E-state index in [1.165, 1.54) is 0 Å². The number of rotatable bonds is 1. The Balaban J connectivity index is 2.15. The van der Waals surface area contributed by atoms with Gasteiger partial charge in [-0.15, -0.1) is 0 Å². The average molecular weight is 299 g/mol. The van der Waals surface area contributed by atoms with Crippen LogP contribution in [-0.4, -0.2) is 39.7 Å². The molecule has 0 unspecified atom stereocenters. The van der Waals surface area contributed by atoms with Gasteiger partial charge < -0.3 is 4.74 Å². The maximum Gasteiger partial charge on any atom is 0.410 e. The lowest BCUT2D eigenvalue weighted by molar-refractivity contribution is 0.0902. The Morgan fingerprint density at radius 1 is 1.55 bits per heavy atom. The summed E-state index contributed by atoms with van der Waals surface area (Å²) in [5.41, 5.74) is 1.62. The summed E-state index contributed by atoms with van der Waals surface area (Å²) in [6.07, 6.45) is 4.09. The van der Waals surface area contributed by atoms with Crippen LogP contribution >= 0.6 is 0 Å². The molecule has 1 aromatic rings. The third kappa shape index (κ3) is 3.45. The van der Waals surface area contributed by atoms with E-state index in [0.717, 1.165) is 17.7 Å². The van der Waals surface area contributed by atoms with Crippen LogP contribution in [0.5, 0.6) is 0 Å². The first-order chi connectivity index (χ1) is 10.4. The number of allylic oxidation sites excluding steroid dienone is 1. The Kier molecular flexibility index (Phi) is 4.81. The van der Waals surface area contributed by atoms with Gasteiger partial charge in [-0.1, -0.05) is 5.92 Å². The van der Waals surface area contributed by atoms with E-state index in [9.17, 15) is 4.79 Å². The number of aryl methyl sites for hydroxylation is 1. The van der Waals surface area contributed by atoms with Gasteiger partial charge in [0.25, 0.3) is 0 Å². The van der Waals surface area contributed by atoms with Crippen molar-refractivity contribution >= 4 is 6.09 Å². The van der Waals surface area contributed by atoms with Crippen molar-refractivity contribution in [3.63, 3.8) is 0 Å². The van der Waals surface area contributed by atoms with Crippen LogP contribution in [0.15, 0.2) is 23.9 Å². The van der Waals surface area contributed by atoms with E-state index in [0.29, 0.717) is 19.0 Å². The van der Waals surface area contributed by atoms with Crippen molar-refractivity contribution < 1.29 is 9.53 Å². The van der Waals surface area contributed by atoms with E-state index < -0.39 is 0 Å². The first kappa shape index (κ1) is 16.0. The van der Waals surface area contributed by atoms with Crippen molar-refractivity contribution in [3.8, 4) is 11.8 Å². The van der Waals surface area contributed by atoms with Crippen molar-refractivity contribution in [3.05, 3.63) is 35.4 Å². The normalized spacial score (nSPS) is 18.0. The first-order valence-electron chi connectivity index (χ1n) is 7.40. The molecule has 1 aromatic heterocycles. The molecule has 0 atom stereocenters. The van der Waals surface area contributed by atoms with Gasteiger partial charge in [-0.3, -0.25) is 4.90 Å². The van der Waals surface area contributed by atoms with Crippen LogP contribution < -0.4 is 0 Å². The number of hydrogen-bond acceptors (Lipinski definition) is 4. The quantitative estimate of drug-likeness (QED) is 0.748. The highest BCUT2D eigenvalue weighted by Gasteiger charge is 2.40. The van der Waals surface area contributed by atoms with Gasteiger partial charge in [-0.2, -0.15) is 0 Å². The molecule has 5 nitrogen and oxygen atoms in total. The van der Waals surface area contributed by atoms with Crippen LogP contribution in [0, 0.1) is 18.8 Å². The molecule has 0 bridgehead atoms. The number of carbonyl (C=O) groups is 1. The molecule has 1 amide bonds. The monoisotopic (exact) mass is 299 g/mol. The van der Waals surface area contributed by atoms with Crippen LogP contribution in [0.1, 0.15) is 38.7 Å². The summed E-state index contributed by atoms with van der Waals surface area (Å²) >= 11 is 0. The van der Waals surface area contributed by atoms with E-state index in [2.05, 4.69) is 21.8 Å². The van der Waals surface area contributed by atoms with Crippen LogP contribution in [-0.2, 0) is 4.74 Å². The second-order valence-electron chi connectivity index (χ2n) is 5.62. The number of carbonyl (C=O) groups excluding carboxylic acids is 1. The topological polar surface area (TPSA) is 55.3 Å². The summed E-state index contributed by atoms with van der Waals surface area (Å²) < 4.78 is 5.10. The van der Waals surface area contributed by atoms with Gasteiger partial charge in [-0.25, -0.2) is 14.8 Å². The molecule has 0 N–H and O–H groups in total. The molecular formula is C17H21N3O2. The lowest BCUT2D eigenvalue weighted by Gasteiger charge is -2.31. The average Bonchev–Trinajstić information content (AvgIpc) is 2.74. The Labute approximate surface area is 131 Å². The lowest BCUT2D eigenvalue weighted by Crippen LogP contribution is -2.43. The molecular weight excluding hydrogens is 278 g/mol. The van der Waals surface area contributed by atoms with Crippen LogP contribution in [0.25, 0.3) is 0 Å². The SMILES string of the molecule is CCOC(=O)N1CC/C(=C\C#Cc2nccc(C)n2)C1(C)C. The smallest absolute Gasteiger partial charge is 0.410 e. The van der Waals surface area contributed by atoms with Crippen molar-refractivity contribution in [2.75, 3.05) is 13.2 Å². The highest BCUT2D eigenvalue weighted by Crippen LogP contribution is 2.34. The Bertz CT molecular complexity index is 653. The van der Waals surface area contributed by atoms with Crippen molar-refractivity contribution in [2.24, 2.45) is 0 Å². The van der Waals surface area contributed by atoms with E-state index in [1.807, 2.05) is 39.8 Å². The predicted octanol–water partition coefficient (Wildman–Crippen LogP) is 2.70. The second kappa shape index (κ2) is 6.61. The summed E-state index contributed by atoms with van der Waals surface area (Å²) in [4.78, 5) is 22.1. The van der Waals surface area contributed by atoms with Gasteiger partial charge in [-0.05, 0) is 57.8 Å². The number of amides is 1. The zero-order chi connectivity index (χ0) is 16.2. The zero-order valence-electron chi connectivity index (χ0n) is 13.5. The maximum absolute atomic E-state index is 12.0. The van der Waals surface area contributed by atoms with Gasteiger partial charge in [0.05, 0.1) is 12.1 Å². The fourth-order valence-electron chi connectivity index (χ4n) is 2.46. The standard InChI is InChI=1S/C17H21N3O2/c1-5-22-16(21)20-12-10-14(17(20,3)4)7-6-8-15-18-11-9-13(2)19-15/h7,9,11H,5,10,12H2,1-4H3/b14-7+. The summed E-state index contributed by atoms with van der Waals surface area (Å²) in [5.74, 6) is 6.45. The molecule has 2 rings (SSSR count). The highest BCUT2D eigenvalue weighted by molar-refractivity contribution is 5.70. The van der Waals surface area contributed by atoms with E-state index in [1.54, 1.807) is 11.1 Å². The third-order valence-electron chi connectivity index (χ3n) is 3.78. The van der Waals surface area contributed by atoms with Gasteiger partial charge in [0.1, 0.15) is 0 Å². The van der Waals surface area contributed by atoms with Crippen molar-refractivity contribution in [1.82, 2.24) is 14.9 Å². The molecule has 1 saturated heterocycles. The molecule has 1 fully saturated rings. The van der Waals surface area contributed by atoms with E-state index >= 15 is 0 Å². The van der Waals surface area contributed by atoms with Crippen LogP contribution in [0.4, 0.5) is 4.79 Å². The zero-order valence-corrected chi connectivity index (χ0v) is 13.5. The second-order valence-corrected chi connectivity index (χ2v) is 5.62. The summed E-state index contributed by atoms with van der Waals surface area (Å²) in [6, 6.07) is 1.83. The lowest BCUT2D eigenvalue weighted by atomic mass is 9.95. The minimum atomic E-state index is -0.381. The summed E-state index contributed by atoms with van der Waals surface area (Å²) in [7, 11) is 0. The predicted molar refractivity (Wildman–Crippen MR) is 84.2 cm³/mol. The summed E-state index contributed by atoms with van der Waals surface area (Å²) in [6.45, 7) is 8.77. The molecule has 0 aromatic carbocycles. The molecule has 1 aliphatic rings. The Morgan fingerprint density at radius 3 is 3.00 bits per heavy atom. The van der Waals surface area contributed by atoms with Gasteiger partial charge in [0, 0.05) is 18.4 Å². The molecule has 22 heavy (non-hydrogen) atoms.